The van der Waals surface area contributed by atoms with Crippen LogP contribution in [0.5, 0.6) is 0 Å². The number of piperidine rings is 1. The van der Waals surface area contributed by atoms with E-state index in [9.17, 15) is 14.4 Å². The van der Waals surface area contributed by atoms with Crippen LogP contribution in [0.25, 0.3) is 0 Å². The van der Waals surface area contributed by atoms with E-state index < -0.39 is 6.04 Å². The van der Waals surface area contributed by atoms with Gasteiger partial charge in [-0.1, -0.05) is 29.8 Å². The minimum absolute atomic E-state index is 0.0134. The lowest BCUT2D eigenvalue weighted by molar-refractivity contribution is -0.142. The molecule has 3 rings (SSSR count). The van der Waals surface area contributed by atoms with Gasteiger partial charge in [-0.25, -0.2) is 0 Å². The Bertz CT molecular complexity index is 791. The summed E-state index contributed by atoms with van der Waals surface area (Å²) in [6.07, 6.45) is 3.89. The second kappa shape index (κ2) is 8.97. The largest absolute Gasteiger partial charge is 0.339 e. The Morgan fingerprint density at radius 3 is 2.50 bits per heavy atom. The Kier molecular flexibility index (Phi) is 6.62. The van der Waals surface area contributed by atoms with Crippen molar-refractivity contribution in [3.8, 4) is 0 Å². The number of carbonyl (C=O) groups is 3. The van der Waals surface area contributed by atoms with Gasteiger partial charge in [-0.15, -0.1) is 0 Å². The van der Waals surface area contributed by atoms with E-state index in [1.165, 1.54) is 6.08 Å². The smallest absolute Gasteiger partial charge is 0.247 e. The lowest BCUT2D eigenvalue weighted by atomic mass is 9.94. The minimum Gasteiger partial charge on any atom is -0.339 e. The Balaban J connectivity index is 1.63. The molecule has 0 saturated carbocycles. The van der Waals surface area contributed by atoms with Crippen LogP contribution in [0, 0.1) is 5.92 Å². The lowest BCUT2D eigenvalue weighted by Crippen LogP contribution is -2.48. The molecular weight excluding hydrogens is 401 g/mol. The molecule has 2 fully saturated rings. The van der Waals surface area contributed by atoms with Gasteiger partial charge in [-0.05, 0) is 50.0 Å². The van der Waals surface area contributed by atoms with E-state index in [1.807, 2.05) is 0 Å². The fourth-order valence-corrected chi connectivity index (χ4v) is 4.16. The van der Waals surface area contributed by atoms with Gasteiger partial charge in [0, 0.05) is 30.6 Å². The van der Waals surface area contributed by atoms with Crippen molar-refractivity contribution in [2.45, 2.75) is 31.7 Å². The molecule has 1 unspecified atom stereocenters. The number of nitrogens with zero attached hydrogens (tertiary/aromatic N) is 2. The maximum absolute atomic E-state index is 13.0. The first-order valence-corrected chi connectivity index (χ1v) is 10.1. The predicted octanol–water partition coefficient (Wildman–Crippen LogP) is 3.35. The third-order valence-corrected chi connectivity index (χ3v) is 5.92. The maximum atomic E-state index is 13.0. The van der Waals surface area contributed by atoms with Gasteiger partial charge in [0.2, 0.25) is 17.7 Å². The van der Waals surface area contributed by atoms with Crippen molar-refractivity contribution in [2.75, 3.05) is 25.0 Å². The van der Waals surface area contributed by atoms with Crippen LogP contribution < -0.4 is 5.32 Å². The number of hydrogen-bond acceptors (Lipinski definition) is 3. The highest BCUT2D eigenvalue weighted by Crippen LogP contribution is 2.29. The van der Waals surface area contributed by atoms with E-state index in [0.29, 0.717) is 54.6 Å². The molecule has 2 aliphatic heterocycles. The van der Waals surface area contributed by atoms with E-state index in [-0.39, 0.29) is 23.6 Å². The number of nitrogens with one attached hydrogen (secondary N) is 1. The molecule has 150 valence electrons. The number of anilines is 1. The van der Waals surface area contributed by atoms with Crippen molar-refractivity contribution < 1.29 is 14.4 Å². The van der Waals surface area contributed by atoms with Crippen molar-refractivity contribution in [3.05, 3.63) is 40.9 Å². The highest BCUT2D eigenvalue weighted by atomic mass is 35.5. The summed E-state index contributed by atoms with van der Waals surface area (Å²) in [5.41, 5.74) is 0.440. The Morgan fingerprint density at radius 2 is 1.82 bits per heavy atom. The highest BCUT2D eigenvalue weighted by molar-refractivity contribution is 6.35. The minimum atomic E-state index is -0.518. The van der Waals surface area contributed by atoms with Crippen LogP contribution >= 0.6 is 23.2 Å². The summed E-state index contributed by atoms with van der Waals surface area (Å²) < 4.78 is 0. The van der Waals surface area contributed by atoms with Gasteiger partial charge in [0.25, 0.3) is 0 Å². The molecule has 0 spiro atoms. The van der Waals surface area contributed by atoms with Gasteiger partial charge in [0.05, 0.1) is 10.7 Å². The molecule has 8 heteroatoms. The molecule has 2 saturated heterocycles. The fraction of sp³-hybridized carbons (Fsp3) is 0.450. The second-order valence-electron chi connectivity index (χ2n) is 7.11. The van der Waals surface area contributed by atoms with E-state index in [2.05, 4.69) is 11.9 Å². The van der Waals surface area contributed by atoms with Gasteiger partial charge in [-0.3, -0.25) is 14.4 Å². The van der Waals surface area contributed by atoms with Crippen molar-refractivity contribution in [1.82, 2.24) is 9.80 Å². The topological polar surface area (TPSA) is 69.7 Å². The molecule has 0 radical (unpaired) electrons. The van der Waals surface area contributed by atoms with Crippen LogP contribution in [-0.2, 0) is 14.4 Å². The summed E-state index contributed by atoms with van der Waals surface area (Å²) in [4.78, 5) is 40.9. The van der Waals surface area contributed by atoms with Gasteiger partial charge in [0.1, 0.15) is 6.04 Å². The first kappa shape index (κ1) is 20.7. The average Bonchev–Trinajstić information content (AvgIpc) is 3.19. The van der Waals surface area contributed by atoms with Crippen LogP contribution in [0.1, 0.15) is 25.7 Å². The molecule has 0 aromatic heterocycles. The van der Waals surface area contributed by atoms with E-state index >= 15 is 0 Å². The maximum Gasteiger partial charge on any atom is 0.247 e. The summed E-state index contributed by atoms with van der Waals surface area (Å²) >= 11 is 12.1. The summed E-state index contributed by atoms with van der Waals surface area (Å²) in [6.45, 7) is 5.12. The molecule has 1 aromatic rings. The number of halogens is 2. The van der Waals surface area contributed by atoms with E-state index in [1.54, 1.807) is 28.0 Å². The number of amides is 3. The molecule has 1 aromatic carbocycles. The van der Waals surface area contributed by atoms with Gasteiger partial charge in [0.15, 0.2) is 0 Å². The van der Waals surface area contributed by atoms with Crippen LogP contribution in [0.3, 0.4) is 0 Å². The van der Waals surface area contributed by atoms with E-state index in [4.69, 9.17) is 23.2 Å². The number of likely N-dealkylation sites (tertiary alicyclic amines) is 2. The fourth-order valence-electron chi connectivity index (χ4n) is 3.82. The van der Waals surface area contributed by atoms with Gasteiger partial charge < -0.3 is 15.1 Å². The predicted molar refractivity (Wildman–Crippen MR) is 109 cm³/mol. The molecule has 28 heavy (non-hydrogen) atoms. The number of carbonyl (C=O) groups excluding carboxylic acids is 3. The average molecular weight is 424 g/mol. The van der Waals surface area contributed by atoms with Crippen molar-refractivity contribution >= 4 is 46.6 Å². The second-order valence-corrected chi connectivity index (χ2v) is 7.95. The molecule has 0 bridgehead atoms. The Morgan fingerprint density at radius 1 is 1.11 bits per heavy atom. The lowest BCUT2D eigenvalue weighted by Gasteiger charge is -2.34. The first-order valence-electron chi connectivity index (χ1n) is 9.38. The zero-order chi connectivity index (χ0) is 20.3. The zero-order valence-corrected chi connectivity index (χ0v) is 17.0. The molecule has 2 aliphatic rings. The SMILES string of the molecule is C=CC(=O)N1CCC(C(=O)N2CCCC2C(=O)Nc2cc(Cl)ccc2Cl)CC1. The van der Waals surface area contributed by atoms with Crippen molar-refractivity contribution in [1.29, 1.82) is 0 Å². The van der Waals surface area contributed by atoms with Crippen molar-refractivity contribution in [2.24, 2.45) is 5.92 Å². The normalized spacial score (nSPS) is 20.1. The molecule has 2 heterocycles. The van der Waals surface area contributed by atoms with Crippen LogP contribution in [-0.4, -0.2) is 53.2 Å². The monoisotopic (exact) mass is 423 g/mol. The van der Waals surface area contributed by atoms with Crippen LogP contribution in [0.15, 0.2) is 30.9 Å². The van der Waals surface area contributed by atoms with Crippen molar-refractivity contribution in [3.63, 3.8) is 0 Å². The summed E-state index contributed by atoms with van der Waals surface area (Å²) in [6, 6.07) is 4.34. The molecule has 1 N–H and O–H groups in total. The first-order chi connectivity index (χ1) is 13.4. The third-order valence-electron chi connectivity index (χ3n) is 5.36. The highest BCUT2D eigenvalue weighted by Gasteiger charge is 2.38. The summed E-state index contributed by atoms with van der Waals surface area (Å²) in [5, 5.41) is 3.67. The molecule has 0 aliphatic carbocycles. The molecule has 3 amide bonds. The third kappa shape index (κ3) is 4.50. The summed E-state index contributed by atoms with van der Waals surface area (Å²) in [5.74, 6) is -0.547. The molecular formula is C20H23Cl2N3O3. The Hall–Kier alpha value is -2.05. The number of benzene rings is 1. The van der Waals surface area contributed by atoms with Gasteiger partial charge in [-0.2, -0.15) is 0 Å². The Labute approximate surface area is 174 Å². The standard InChI is InChI=1S/C20H23Cl2N3O3/c1-2-18(26)24-10-7-13(8-11-24)20(28)25-9-3-4-17(25)19(27)23-16-12-14(21)5-6-15(16)22/h2,5-6,12-13,17H,1,3-4,7-11H2,(H,23,27). The number of rotatable bonds is 4. The zero-order valence-electron chi connectivity index (χ0n) is 15.5. The summed E-state index contributed by atoms with van der Waals surface area (Å²) in [7, 11) is 0. The molecule has 1 atom stereocenters. The van der Waals surface area contributed by atoms with Crippen LogP contribution in [0.4, 0.5) is 5.69 Å². The molecule has 6 nitrogen and oxygen atoms in total. The van der Waals surface area contributed by atoms with Crippen LogP contribution in [0.2, 0.25) is 10.0 Å². The van der Waals surface area contributed by atoms with E-state index in [0.717, 1.165) is 6.42 Å². The number of hydrogen-bond donors (Lipinski definition) is 1. The quantitative estimate of drug-likeness (QED) is 0.754. The van der Waals surface area contributed by atoms with Gasteiger partial charge >= 0.3 is 0 Å².